The van der Waals surface area contributed by atoms with E-state index in [4.69, 9.17) is 0 Å². The second kappa shape index (κ2) is 4.99. The van der Waals surface area contributed by atoms with Gasteiger partial charge in [0.15, 0.2) is 0 Å². The van der Waals surface area contributed by atoms with E-state index in [9.17, 15) is 13.2 Å². The van der Waals surface area contributed by atoms with Crippen molar-refractivity contribution in [2.24, 2.45) is 0 Å². The van der Waals surface area contributed by atoms with Crippen molar-refractivity contribution in [2.75, 3.05) is 13.6 Å². The smallest absolute Gasteiger partial charge is 0.240 e. The molecule has 1 unspecified atom stereocenters. The number of likely N-dealkylation sites (tertiary alicyclic amines) is 1. The summed E-state index contributed by atoms with van der Waals surface area (Å²) in [6.45, 7) is 0.409. The number of carbonyl (C=O) groups is 1. The van der Waals surface area contributed by atoms with Gasteiger partial charge in [0.2, 0.25) is 15.9 Å². The fraction of sp³-hybridized carbons (Fsp3) is 0.364. The van der Waals surface area contributed by atoms with E-state index in [1.54, 1.807) is 19.2 Å². The van der Waals surface area contributed by atoms with E-state index in [1.807, 2.05) is 0 Å². The van der Waals surface area contributed by atoms with E-state index in [0.29, 0.717) is 11.0 Å². The largest absolute Gasteiger partial charge is 0.344 e. The minimum atomic E-state index is -3.57. The molecule has 0 bridgehead atoms. The van der Waals surface area contributed by atoms with Crippen LogP contribution in [0.4, 0.5) is 0 Å². The summed E-state index contributed by atoms with van der Waals surface area (Å²) in [7, 11) is -1.91. The predicted octanol–water partition coefficient (Wildman–Crippen LogP) is 0.958. The van der Waals surface area contributed by atoms with E-state index < -0.39 is 10.0 Å². The molecule has 1 aliphatic rings. The molecule has 1 aromatic rings. The van der Waals surface area contributed by atoms with Gasteiger partial charge in [0, 0.05) is 30.5 Å². The zero-order chi connectivity index (χ0) is 13.3. The highest BCUT2D eigenvalue weighted by molar-refractivity contribution is 9.10. The first-order chi connectivity index (χ1) is 8.38. The van der Waals surface area contributed by atoms with Crippen molar-refractivity contribution >= 4 is 31.9 Å². The topological polar surface area (TPSA) is 66.5 Å². The van der Waals surface area contributed by atoms with Crippen LogP contribution in [0.2, 0.25) is 0 Å². The van der Waals surface area contributed by atoms with Gasteiger partial charge in [0.25, 0.3) is 0 Å². The number of halogens is 1. The first-order valence-corrected chi connectivity index (χ1v) is 7.68. The molecule has 7 heteroatoms. The molecule has 0 spiro atoms. The number of nitrogens with one attached hydrogen (secondary N) is 1. The fourth-order valence-electron chi connectivity index (χ4n) is 1.86. The van der Waals surface area contributed by atoms with Gasteiger partial charge in [-0.3, -0.25) is 4.79 Å². The van der Waals surface area contributed by atoms with Crippen LogP contribution in [0.25, 0.3) is 0 Å². The van der Waals surface area contributed by atoms with Gasteiger partial charge in [-0.15, -0.1) is 0 Å². The molecule has 1 saturated heterocycles. The van der Waals surface area contributed by atoms with Crippen molar-refractivity contribution in [3.63, 3.8) is 0 Å². The molecule has 1 atom stereocenters. The summed E-state index contributed by atoms with van der Waals surface area (Å²) in [5.41, 5.74) is 0. The summed E-state index contributed by atoms with van der Waals surface area (Å²) in [6.07, 6.45) is 0.212. The first kappa shape index (κ1) is 13.5. The standard InChI is InChI=1S/C11H13BrN2O3S/c1-14-7-9(6-11(14)15)13-18(16,17)10-4-2-3-8(12)5-10/h2-5,9,13H,6-7H2,1H3. The number of benzene rings is 1. The third-order valence-corrected chi connectivity index (χ3v) is 4.78. The van der Waals surface area contributed by atoms with Crippen LogP contribution < -0.4 is 4.72 Å². The summed E-state index contributed by atoms with van der Waals surface area (Å²) < 4.78 is 27.4. The van der Waals surface area contributed by atoms with Crippen LogP contribution in [0.15, 0.2) is 33.6 Å². The average molecular weight is 333 g/mol. The molecule has 0 saturated carbocycles. The molecule has 0 aromatic heterocycles. The highest BCUT2D eigenvalue weighted by Crippen LogP contribution is 2.18. The Morgan fingerprint density at radius 1 is 1.44 bits per heavy atom. The first-order valence-electron chi connectivity index (χ1n) is 5.40. The van der Waals surface area contributed by atoms with Crippen LogP contribution in [0.5, 0.6) is 0 Å². The zero-order valence-corrected chi connectivity index (χ0v) is 12.2. The van der Waals surface area contributed by atoms with E-state index in [-0.39, 0.29) is 23.3 Å². The third kappa shape index (κ3) is 2.90. The zero-order valence-electron chi connectivity index (χ0n) is 9.76. The monoisotopic (exact) mass is 332 g/mol. The van der Waals surface area contributed by atoms with Crippen molar-refractivity contribution in [3.8, 4) is 0 Å². The lowest BCUT2D eigenvalue weighted by molar-refractivity contribution is -0.126. The SMILES string of the molecule is CN1CC(NS(=O)(=O)c2cccc(Br)c2)CC1=O. The molecule has 1 amide bonds. The maximum Gasteiger partial charge on any atom is 0.240 e. The highest BCUT2D eigenvalue weighted by Gasteiger charge is 2.30. The Hall–Kier alpha value is -0.920. The van der Waals surface area contributed by atoms with Gasteiger partial charge in [-0.2, -0.15) is 0 Å². The second-order valence-corrected chi connectivity index (χ2v) is 6.88. The van der Waals surface area contributed by atoms with Gasteiger partial charge in [0.1, 0.15) is 0 Å². The Morgan fingerprint density at radius 2 is 2.17 bits per heavy atom. The number of carbonyl (C=O) groups excluding carboxylic acids is 1. The number of rotatable bonds is 3. The lowest BCUT2D eigenvalue weighted by Crippen LogP contribution is -2.36. The molecule has 1 N–H and O–H groups in total. The number of sulfonamides is 1. The van der Waals surface area contributed by atoms with Gasteiger partial charge in [-0.1, -0.05) is 22.0 Å². The summed E-state index contributed by atoms with van der Waals surface area (Å²) in [5, 5.41) is 0. The van der Waals surface area contributed by atoms with Crippen molar-refractivity contribution in [3.05, 3.63) is 28.7 Å². The molecule has 1 aromatic carbocycles. The van der Waals surface area contributed by atoms with E-state index in [1.165, 1.54) is 17.0 Å². The van der Waals surface area contributed by atoms with Crippen LogP contribution in [0.3, 0.4) is 0 Å². The number of hydrogen-bond acceptors (Lipinski definition) is 3. The Labute approximate surface area is 114 Å². The Bertz CT molecular complexity index is 573. The average Bonchev–Trinajstić information content (AvgIpc) is 2.57. The van der Waals surface area contributed by atoms with Gasteiger partial charge in [0.05, 0.1) is 4.90 Å². The highest BCUT2D eigenvalue weighted by atomic mass is 79.9. The maximum atomic E-state index is 12.1. The minimum absolute atomic E-state index is 0.0445. The molecule has 0 radical (unpaired) electrons. The Balaban J connectivity index is 2.16. The normalized spacial score (nSPS) is 20.4. The summed E-state index contributed by atoms with van der Waals surface area (Å²) >= 11 is 3.23. The van der Waals surface area contributed by atoms with Gasteiger partial charge in [-0.25, -0.2) is 13.1 Å². The molecule has 1 heterocycles. The maximum absolute atomic E-state index is 12.1. The van der Waals surface area contributed by atoms with E-state index in [0.717, 1.165) is 0 Å². The molecular formula is C11H13BrN2O3S. The van der Waals surface area contributed by atoms with Crippen molar-refractivity contribution in [1.82, 2.24) is 9.62 Å². The number of hydrogen-bond donors (Lipinski definition) is 1. The molecule has 5 nitrogen and oxygen atoms in total. The number of nitrogens with zero attached hydrogens (tertiary/aromatic N) is 1. The van der Waals surface area contributed by atoms with Gasteiger partial charge < -0.3 is 4.90 Å². The quantitative estimate of drug-likeness (QED) is 0.896. The van der Waals surface area contributed by atoms with Crippen molar-refractivity contribution < 1.29 is 13.2 Å². The van der Waals surface area contributed by atoms with Crippen LogP contribution in [-0.4, -0.2) is 38.9 Å². The summed E-state index contributed by atoms with van der Waals surface area (Å²) in [6, 6.07) is 6.11. The van der Waals surface area contributed by atoms with Crippen LogP contribution in [0, 0.1) is 0 Å². The number of amides is 1. The van der Waals surface area contributed by atoms with Crippen LogP contribution in [0.1, 0.15) is 6.42 Å². The second-order valence-electron chi connectivity index (χ2n) is 4.25. The number of likely N-dealkylation sites (N-methyl/N-ethyl adjacent to an activating group) is 1. The summed E-state index contributed by atoms with van der Waals surface area (Å²) in [5.74, 6) is -0.0445. The molecule has 2 rings (SSSR count). The predicted molar refractivity (Wildman–Crippen MR) is 70.5 cm³/mol. The van der Waals surface area contributed by atoms with Crippen LogP contribution >= 0.6 is 15.9 Å². The van der Waals surface area contributed by atoms with Crippen molar-refractivity contribution in [1.29, 1.82) is 0 Å². The van der Waals surface area contributed by atoms with Gasteiger partial charge in [-0.05, 0) is 18.2 Å². The fourth-order valence-corrected chi connectivity index (χ4v) is 3.69. The molecule has 1 aliphatic heterocycles. The molecule has 1 fully saturated rings. The lowest BCUT2D eigenvalue weighted by Gasteiger charge is -2.13. The van der Waals surface area contributed by atoms with Crippen molar-refractivity contribution in [2.45, 2.75) is 17.4 Å². The molecule has 98 valence electrons. The Morgan fingerprint density at radius 3 is 2.72 bits per heavy atom. The third-order valence-electron chi connectivity index (χ3n) is 2.77. The molecule has 18 heavy (non-hydrogen) atoms. The minimum Gasteiger partial charge on any atom is -0.344 e. The lowest BCUT2D eigenvalue weighted by atomic mass is 10.3. The molecule has 0 aliphatic carbocycles. The summed E-state index contributed by atoms with van der Waals surface area (Å²) in [4.78, 5) is 13.1. The van der Waals surface area contributed by atoms with Gasteiger partial charge >= 0.3 is 0 Å². The Kier molecular flexibility index (Phi) is 3.74. The molecular weight excluding hydrogens is 320 g/mol. The van der Waals surface area contributed by atoms with E-state index in [2.05, 4.69) is 20.7 Å². The van der Waals surface area contributed by atoms with Crippen LogP contribution in [-0.2, 0) is 14.8 Å². The van der Waals surface area contributed by atoms with E-state index >= 15 is 0 Å².